The third kappa shape index (κ3) is 2.22. The van der Waals surface area contributed by atoms with Crippen molar-refractivity contribution in [2.75, 3.05) is 19.8 Å². The van der Waals surface area contributed by atoms with Gasteiger partial charge in [0.15, 0.2) is 11.5 Å². The molecule has 112 valence electrons. The summed E-state index contributed by atoms with van der Waals surface area (Å²) in [4.78, 5) is 3.30. The van der Waals surface area contributed by atoms with E-state index in [1.165, 1.54) is 16.5 Å². The molecule has 2 aromatic carbocycles. The molecule has 4 heteroatoms. The van der Waals surface area contributed by atoms with E-state index < -0.39 is 0 Å². The molecule has 0 spiro atoms. The van der Waals surface area contributed by atoms with Crippen molar-refractivity contribution in [3.05, 3.63) is 48.2 Å². The van der Waals surface area contributed by atoms with Gasteiger partial charge in [-0.25, -0.2) is 0 Å². The second-order valence-electron chi connectivity index (χ2n) is 5.47. The average Bonchev–Trinajstić information content (AvgIpc) is 2.97. The number of aromatic amines is 1. The molecular weight excluding hydrogens is 276 g/mol. The van der Waals surface area contributed by atoms with Gasteiger partial charge in [0.05, 0.1) is 0 Å². The quantitative estimate of drug-likeness (QED) is 0.780. The molecule has 0 aliphatic carbocycles. The van der Waals surface area contributed by atoms with Gasteiger partial charge in [0.1, 0.15) is 13.2 Å². The van der Waals surface area contributed by atoms with Gasteiger partial charge in [0.25, 0.3) is 0 Å². The SMILES string of the molecule is NCCc1c[nH]c2ccc(-c3ccc4c(c3)OCCO4)cc12. The lowest BCUT2D eigenvalue weighted by Crippen LogP contribution is -2.15. The van der Waals surface area contributed by atoms with Crippen LogP contribution in [0.2, 0.25) is 0 Å². The van der Waals surface area contributed by atoms with Crippen LogP contribution in [0, 0.1) is 0 Å². The summed E-state index contributed by atoms with van der Waals surface area (Å²) >= 11 is 0. The van der Waals surface area contributed by atoms with Gasteiger partial charge in [-0.15, -0.1) is 0 Å². The Bertz CT molecular complexity index is 823. The van der Waals surface area contributed by atoms with E-state index in [9.17, 15) is 0 Å². The van der Waals surface area contributed by atoms with Crippen molar-refractivity contribution in [2.45, 2.75) is 6.42 Å². The number of nitrogens with two attached hydrogens (primary N) is 1. The molecule has 2 heterocycles. The van der Waals surface area contributed by atoms with Gasteiger partial charge in [-0.2, -0.15) is 0 Å². The fourth-order valence-corrected chi connectivity index (χ4v) is 2.94. The van der Waals surface area contributed by atoms with E-state index in [1.54, 1.807) is 0 Å². The summed E-state index contributed by atoms with van der Waals surface area (Å²) in [6.07, 6.45) is 2.93. The van der Waals surface area contributed by atoms with Crippen LogP contribution in [0.5, 0.6) is 11.5 Å². The van der Waals surface area contributed by atoms with Gasteiger partial charge in [0.2, 0.25) is 0 Å². The Morgan fingerprint density at radius 3 is 2.59 bits per heavy atom. The first kappa shape index (κ1) is 13.2. The minimum atomic E-state index is 0.605. The summed E-state index contributed by atoms with van der Waals surface area (Å²) in [6.45, 7) is 1.87. The van der Waals surface area contributed by atoms with Gasteiger partial charge < -0.3 is 20.2 Å². The third-order valence-electron chi connectivity index (χ3n) is 4.06. The molecular formula is C18H18N2O2. The summed E-state index contributed by atoms with van der Waals surface area (Å²) < 4.78 is 11.3. The number of aromatic nitrogens is 1. The topological polar surface area (TPSA) is 60.3 Å². The summed E-state index contributed by atoms with van der Waals surface area (Å²) in [5, 5.41) is 1.23. The average molecular weight is 294 g/mol. The summed E-state index contributed by atoms with van der Waals surface area (Å²) in [6, 6.07) is 12.5. The first-order valence-corrected chi connectivity index (χ1v) is 7.55. The smallest absolute Gasteiger partial charge is 0.161 e. The van der Waals surface area contributed by atoms with Crippen molar-refractivity contribution in [2.24, 2.45) is 5.73 Å². The molecule has 0 radical (unpaired) electrons. The van der Waals surface area contributed by atoms with E-state index in [0.29, 0.717) is 19.8 Å². The Kier molecular flexibility index (Phi) is 3.24. The Labute approximate surface area is 128 Å². The summed E-state index contributed by atoms with van der Waals surface area (Å²) in [5.41, 5.74) is 10.4. The minimum absolute atomic E-state index is 0.605. The lowest BCUT2D eigenvalue weighted by atomic mass is 10.0. The number of rotatable bonds is 3. The standard InChI is InChI=1S/C18H18N2O2/c19-6-5-14-11-20-16-3-1-12(9-15(14)16)13-2-4-17-18(10-13)22-8-7-21-17/h1-4,9-11,20H,5-8,19H2. The number of hydrogen-bond acceptors (Lipinski definition) is 3. The van der Waals surface area contributed by atoms with E-state index in [0.717, 1.165) is 29.0 Å². The molecule has 0 unspecified atom stereocenters. The van der Waals surface area contributed by atoms with E-state index in [4.69, 9.17) is 15.2 Å². The zero-order valence-corrected chi connectivity index (χ0v) is 12.3. The van der Waals surface area contributed by atoms with Crippen molar-refractivity contribution in [3.63, 3.8) is 0 Å². The van der Waals surface area contributed by atoms with Crippen LogP contribution in [0.25, 0.3) is 22.0 Å². The van der Waals surface area contributed by atoms with E-state index in [-0.39, 0.29) is 0 Å². The van der Waals surface area contributed by atoms with Gasteiger partial charge in [-0.05, 0) is 53.9 Å². The minimum Gasteiger partial charge on any atom is -0.486 e. The number of ether oxygens (including phenoxy) is 2. The largest absolute Gasteiger partial charge is 0.486 e. The third-order valence-corrected chi connectivity index (χ3v) is 4.06. The van der Waals surface area contributed by atoms with Gasteiger partial charge in [-0.3, -0.25) is 0 Å². The Balaban J connectivity index is 1.78. The van der Waals surface area contributed by atoms with Gasteiger partial charge >= 0.3 is 0 Å². The lowest BCUT2D eigenvalue weighted by Gasteiger charge is -2.19. The van der Waals surface area contributed by atoms with Crippen LogP contribution >= 0.6 is 0 Å². The van der Waals surface area contributed by atoms with Crippen molar-refractivity contribution in [3.8, 4) is 22.6 Å². The molecule has 0 bridgehead atoms. The molecule has 4 nitrogen and oxygen atoms in total. The fraction of sp³-hybridized carbons (Fsp3) is 0.222. The molecule has 3 N–H and O–H groups in total. The summed E-state index contributed by atoms with van der Waals surface area (Å²) in [7, 11) is 0. The second kappa shape index (κ2) is 5.39. The number of fused-ring (bicyclic) bond motifs is 2. The molecule has 4 rings (SSSR count). The van der Waals surface area contributed by atoms with Crippen molar-refractivity contribution in [1.82, 2.24) is 4.98 Å². The number of nitrogens with one attached hydrogen (secondary N) is 1. The van der Waals surface area contributed by atoms with Crippen LogP contribution in [0.15, 0.2) is 42.6 Å². The molecule has 0 fully saturated rings. The van der Waals surface area contributed by atoms with Crippen LogP contribution in [0.4, 0.5) is 0 Å². The van der Waals surface area contributed by atoms with Crippen molar-refractivity contribution < 1.29 is 9.47 Å². The van der Waals surface area contributed by atoms with Crippen LogP contribution in [-0.2, 0) is 6.42 Å². The molecule has 0 saturated heterocycles. The van der Waals surface area contributed by atoms with Gasteiger partial charge in [-0.1, -0.05) is 12.1 Å². The van der Waals surface area contributed by atoms with Crippen molar-refractivity contribution >= 4 is 10.9 Å². The van der Waals surface area contributed by atoms with Crippen LogP contribution in [0.1, 0.15) is 5.56 Å². The first-order valence-electron chi connectivity index (χ1n) is 7.55. The zero-order valence-electron chi connectivity index (χ0n) is 12.3. The first-order chi connectivity index (χ1) is 10.8. The van der Waals surface area contributed by atoms with E-state index in [1.807, 2.05) is 18.3 Å². The molecule has 0 saturated carbocycles. The normalized spacial score (nSPS) is 13.5. The zero-order chi connectivity index (χ0) is 14.9. The summed E-state index contributed by atoms with van der Waals surface area (Å²) in [5.74, 6) is 1.64. The molecule has 22 heavy (non-hydrogen) atoms. The van der Waals surface area contributed by atoms with Gasteiger partial charge in [0, 0.05) is 17.1 Å². The van der Waals surface area contributed by atoms with Crippen LogP contribution < -0.4 is 15.2 Å². The predicted molar refractivity (Wildman–Crippen MR) is 87.5 cm³/mol. The Morgan fingerprint density at radius 1 is 0.955 bits per heavy atom. The lowest BCUT2D eigenvalue weighted by molar-refractivity contribution is 0.171. The highest BCUT2D eigenvalue weighted by atomic mass is 16.6. The predicted octanol–water partition coefficient (Wildman–Crippen LogP) is 3.11. The maximum atomic E-state index is 5.69. The van der Waals surface area contributed by atoms with Crippen molar-refractivity contribution in [1.29, 1.82) is 0 Å². The Hall–Kier alpha value is -2.46. The maximum absolute atomic E-state index is 5.69. The molecule has 3 aromatic rings. The molecule has 1 aliphatic rings. The maximum Gasteiger partial charge on any atom is 0.161 e. The number of benzene rings is 2. The monoisotopic (exact) mass is 294 g/mol. The Morgan fingerprint density at radius 2 is 1.73 bits per heavy atom. The van der Waals surface area contributed by atoms with E-state index >= 15 is 0 Å². The second-order valence-corrected chi connectivity index (χ2v) is 5.47. The number of H-pyrrole nitrogens is 1. The van der Waals surface area contributed by atoms with Crippen LogP contribution in [-0.4, -0.2) is 24.7 Å². The van der Waals surface area contributed by atoms with E-state index in [2.05, 4.69) is 29.2 Å². The molecule has 1 aromatic heterocycles. The van der Waals surface area contributed by atoms with Crippen LogP contribution in [0.3, 0.4) is 0 Å². The molecule has 0 atom stereocenters. The molecule has 0 amide bonds. The highest BCUT2D eigenvalue weighted by molar-refractivity contribution is 5.88. The fourth-order valence-electron chi connectivity index (χ4n) is 2.94. The number of hydrogen-bond donors (Lipinski definition) is 2. The highest BCUT2D eigenvalue weighted by Gasteiger charge is 2.13. The molecule has 1 aliphatic heterocycles. The highest BCUT2D eigenvalue weighted by Crippen LogP contribution is 2.35.